The van der Waals surface area contributed by atoms with Gasteiger partial charge in [0.15, 0.2) is 6.61 Å². The normalized spacial score (nSPS) is 22.5. The van der Waals surface area contributed by atoms with Crippen LogP contribution in [0.2, 0.25) is 0 Å². The monoisotopic (exact) mass is 364 g/mol. The summed E-state index contributed by atoms with van der Waals surface area (Å²) in [6, 6.07) is 1.74. The number of hydrogen-bond acceptors (Lipinski definition) is 6. The van der Waals surface area contributed by atoms with Crippen LogP contribution in [0.1, 0.15) is 41.5 Å². The van der Waals surface area contributed by atoms with Gasteiger partial charge >= 0.3 is 5.97 Å². The lowest BCUT2D eigenvalue weighted by molar-refractivity contribution is -0.490. The molecule has 26 heavy (non-hydrogen) atoms. The third-order valence-electron chi connectivity index (χ3n) is 5.37. The molecule has 0 aliphatic heterocycles. The van der Waals surface area contributed by atoms with Gasteiger partial charge in [0, 0.05) is 47.2 Å². The molecule has 1 aliphatic carbocycles. The van der Waals surface area contributed by atoms with Gasteiger partial charge in [0.05, 0.1) is 6.42 Å². The standard InChI is InChI=1S/C18H24N2O6/c1-10-5-16(21)14(15(10)8-20(24)25)7-18(23)26-9-17(22)13-6-11(2)19(4)12(13)3/h6,10,14-15H,5,7-9H2,1-4H3/t10-,14-,15+/m1/s1. The zero-order valence-corrected chi connectivity index (χ0v) is 15.5. The summed E-state index contributed by atoms with van der Waals surface area (Å²) in [5.41, 5.74) is 2.20. The van der Waals surface area contributed by atoms with Gasteiger partial charge in [0.1, 0.15) is 5.78 Å². The van der Waals surface area contributed by atoms with Gasteiger partial charge in [-0.15, -0.1) is 0 Å². The zero-order chi connectivity index (χ0) is 19.6. The molecule has 0 aromatic carbocycles. The molecule has 1 aliphatic rings. The van der Waals surface area contributed by atoms with Gasteiger partial charge in [0.25, 0.3) is 0 Å². The van der Waals surface area contributed by atoms with E-state index in [1.54, 1.807) is 13.0 Å². The van der Waals surface area contributed by atoms with E-state index in [1.165, 1.54) is 0 Å². The number of ketones is 2. The Morgan fingerprint density at radius 3 is 2.58 bits per heavy atom. The Kier molecular flexibility index (Phi) is 5.94. The molecule has 8 nitrogen and oxygen atoms in total. The molecule has 142 valence electrons. The molecular formula is C18H24N2O6. The minimum absolute atomic E-state index is 0.137. The molecule has 0 N–H and O–H groups in total. The molecule has 0 radical (unpaired) electrons. The summed E-state index contributed by atoms with van der Waals surface area (Å²) >= 11 is 0. The SMILES string of the molecule is Cc1cc(C(=O)COC(=O)C[C@H]2C(=O)C[C@@H](C)[C@@H]2C[N+](=O)[O-])c(C)n1C. The second-order valence-electron chi connectivity index (χ2n) is 7.07. The lowest BCUT2D eigenvalue weighted by Gasteiger charge is -2.16. The Bertz CT molecular complexity index is 751. The van der Waals surface area contributed by atoms with Gasteiger partial charge in [-0.25, -0.2) is 0 Å². The van der Waals surface area contributed by atoms with Crippen LogP contribution < -0.4 is 0 Å². The van der Waals surface area contributed by atoms with Gasteiger partial charge in [-0.05, 0) is 25.8 Å². The van der Waals surface area contributed by atoms with Gasteiger partial charge in [0.2, 0.25) is 12.3 Å². The van der Waals surface area contributed by atoms with Crippen LogP contribution in [-0.2, 0) is 21.4 Å². The van der Waals surface area contributed by atoms with E-state index < -0.39 is 29.3 Å². The summed E-state index contributed by atoms with van der Waals surface area (Å²) in [4.78, 5) is 46.7. The molecule has 2 rings (SSSR count). The van der Waals surface area contributed by atoms with Crippen LogP contribution in [0.4, 0.5) is 0 Å². The largest absolute Gasteiger partial charge is 0.457 e. The van der Waals surface area contributed by atoms with Crippen molar-refractivity contribution in [3.63, 3.8) is 0 Å². The second-order valence-corrected chi connectivity index (χ2v) is 7.07. The fraction of sp³-hybridized carbons (Fsp3) is 0.611. The van der Waals surface area contributed by atoms with Crippen LogP contribution in [0.5, 0.6) is 0 Å². The Hall–Kier alpha value is -2.51. The maximum absolute atomic E-state index is 12.3. The van der Waals surface area contributed by atoms with Crippen LogP contribution in [0.3, 0.4) is 0 Å². The number of aromatic nitrogens is 1. The smallest absolute Gasteiger partial charge is 0.306 e. The molecule has 1 aromatic heterocycles. The first kappa shape index (κ1) is 19.8. The predicted molar refractivity (Wildman–Crippen MR) is 92.4 cm³/mol. The van der Waals surface area contributed by atoms with E-state index in [-0.39, 0.29) is 36.9 Å². The van der Waals surface area contributed by atoms with Crippen LogP contribution >= 0.6 is 0 Å². The summed E-state index contributed by atoms with van der Waals surface area (Å²) in [6.45, 7) is 4.72. The Balaban J connectivity index is 1.95. The minimum atomic E-state index is -0.710. The summed E-state index contributed by atoms with van der Waals surface area (Å²) in [5.74, 6) is -2.46. The van der Waals surface area contributed by atoms with Crippen molar-refractivity contribution in [2.75, 3.05) is 13.2 Å². The van der Waals surface area contributed by atoms with E-state index >= 15 is 0 Å². The minimum Gasteiger partial charge on any atom is -0.457 e. The van der Waals surface area contributed by atoms with E-state index in [2.05, 4.69) is 0 Å². The average Bonchev–Trinajstić information content (AvgIpc) is 2.96. The highest BCUT2D eigenvalue weighted by Gasteiger charge is 2.44. The number of nitrogens with zero attached hydrogens (tertiary/aromatic N) is 2. The topological polar surface area (TPSA) is 109 Å². The van der Waals surface area contributed by atoms with Gasteiger partial charge < -0.3 is 9.30 Å². The summed E-state index contributed by atoms with van der Waals surface area (Å²) in [6.07, 6.45) is 0.0135. The molecule has 1 saturated carbocycles. The molecular weight excluding hydrogens is 340 g/mol. The van der Waals surface area contributed by atoms with Crippen molar-refractivity contribution >= 4 is 17.5 Å². The van der Waals surface area contributed by atoms with Crippen molar-refractivity contribution in [2.24, 2.45) is 24.8 Å². The van der Waals surface area contributed by atoms with Crippen molar-refractivity contribution in [1.29, 1.82) is 0 Å². The first-order chi connectivity index (χ1) is 12.1. The molecule has 0 spiro atoms. The molecule has 1 fully saturated rings. The number of carbonyl (C=O) groups excluding carboxylic acids is 3. The molecule has 1 aromatic rings. The highest BCUT2D eigenvalue weighted by molar-refractivity contribution is 5.99. The van der Waals surface area contributed by atoms with E-state index in [4.69, 9.17) is 4.74 Å². The van der Waals surface area contributed by atoms with E-state index in [9.17, 15) is 24.5 Å². The van der Waals surface area contributed by atoms with Crippen LogP contribution in [0.15, 0.2) is 6.07 Å². The fourth-order valence-electron chi connectivity index (χ4n) is 3.60. The first-order valence-corrected chi connectivity index (χ1v) is 8.58. The van der Waals surface area contributed by atoms with Crippen molar-refractivity contribution in [3.05, 3.63) is 33.1 Å². The quantitative estimate of drug-likeness (QED) is 0.316. The van der Waals surface area contributed by atoms with Crippen molar-refractivity contribution in [1.82, 2.24) is 4.57 Å². The third kappa shape index (κ3) is 4.17. The first-order valence-electron chi connectivity index (χ1n) is 8.58. The van der Waals surface area contributed by atoms with Gasteiger partial charge in [-0.3, -0.25) is 24.5 Å². The molecule has 0 unspecified atom stereocenters. The Labute approximate surface area is 151 Å². The van der Waals surface area contributed by atoms with Crippen LogP contribution in [0.25, 0.3) is 0 Å². The summed E-state index contributed by atoms with van der Waals surface area (Å²) in [7, 11) is 1.84. The Morgan fingerprint density at radius 1 is 1.38 bits per heavy atom. The number of esters is 1. The summed E-state index contributed by atoms with van der Waals surface area (Å²) < 4.78 is 6.91. The van der Waals surface area contributed by atoms with Gasteiger partial charge in [-0.2, -0.15) is 0 Å². The zero-order valence-electron chi connectivity index (χ0n) is 15.5. The maximum atomic E-state index is 12.3. The molecule has 0 saturated heterocycles. The number of ether oxygens (including phenoxy) is 1. The predicted octanol–water partition coefficient (Wildman–Crippen LogP) is 1.88. The van der Waals surface area contributed by atoms with Gasteiger partial charge in [-0.1, -0.05) is 6.92 Å². The molecule has 1 heterocycles. The number of hydrogen-bond donors (Lipinski definition) is 0. The number of carbonyl (C=O) groups is 3. The van der Waals surface area contributed by atoms with Crippen LogP contribution in [-0.4, -0.2) is 40.2 Å². The van der Waals surface area contributed by atoms with E-state index in [0.29, 0.717) is 5.56 Å². The maximum Gasteiger partial charge on any atom is 0.306 e. The molecule has 3 atom stereocenters. The lowest BCUT2D eigenvalue weighted by Crippen LogP contribution is -2.28. The van der Waals surface area contributed by atoms with Crippen molar-refractivity contribution in [2.45, 2.75) is 33.6 Å². The molecule has 8 heteroatoms. The molecule has 0 amide bonds. The van der Waals surface area contributed by atoms with E-state index in [0.717, 1.165) is 11.4 Å². The van der Waals surface area contributed by atoms with Crippen LogP contribution in [0, 0.1) is 41.7 Å². The van der Waals surface area contributed by atoms with Crippen molar-refractivity contribution in [3.8, 4) is 0 Å². The lowest BCUT2D eigenvalue weighted by atomic mass is 9.88. The highest BCUT2D eigenvalue weighted by atomic mass is 16.6. The fourth-order valence-corrected chi connectivity index (χ4v) is 3.60. The number of rotatable bonds is 7. The van der Waals surface area contributed by atoms with Crippen molar-refractivity contribution < 1.29 is 24.0 Å². The Morgan fingerprint density at radius 2 is 2.04 bits per heavy atom. The number of nitro groups is 1. The molecule has 0 bridgehead atoms. The number of Topliss-reactive ketones (excluding diaryl/α,β-unsaturated/α-hetero) is 2. The summed E-state index contributed by atoms with van der Waals surface area (Å²) in [5, 5.41) is 10.8. The van der Waals surface area contributed by atoms with E-state index in [1.807, 2.05) is 25.5 Å². The second kappa shape index (κ2) is 7.80. The third-order valence-corrected chi connectivity index (χ3v) is 5.37. The highest BCUT2D eigenvalue weighted by Crippen LogP contribution is 2.36. The number of aryl methyl sites for hydroxylation is 1. The average molecular weight is 364 g/mol.